The minimum atomic E-state index is -4.45. The Balaban J connectivity index is 1.62. The van der Waals surface area contributed by atoms with Gasteiger partial charge < -0.3 is 14.6 Å². The lowest BCUT2D eigenvalue weighted by Crippen LogP contribution is -2.14. The molecule has 34 heavy (non-hydrogen) atoms. The fourth-order valence-electron chi connectivity index (χ4n) is 3.66. The molecule has 0 spiro atoms. The van der Waals surface area contributed by atoms with Gasteiger partial charge in [-0.15, -0.1) is 0 Å². The standard InChI is InChI=1S/C25H20F3N3O3/c1-3-34-24(33)21-14-16-13-18(10-11-20(16)31(21)2)30-23(32)19-5-4-12-29-22(19)15-6-8-17(9-7-15)25(26,27)28/h4-14H,3H2,1-2H3,(H,30,32). The molecule has 9 heteroatoms. The van der Waals surface area contributed by atoms with Gasteiger partial charge in [-0.05, 0) is 55.5 Å². The Morgan fingerprint density at radius 3 is 2.47 bits per heavy atom. The summed E-state index contributed by atoms with van der Waals surface area (Å²) in [5.41, 5.74) is 1.74. The summed E-state index contributed by atoms with van der Waals surface area (Å²) in [6.07, 6.45) is -2.98. The van der Waals surface area contributed by atoms with Gasteiger partial charge in [0.2, 0.25) is 0 Å². The van der Waals surface area contributed by atoms with Gasteiger partial charge in [-0.1, -0.05) is 12.1 Å². The molecular weight excluding hydrogens is 447 g/mol. The van der Waals surface area contributed by atoms with E-state index in [-0.39, 0.29) is 17.9 Å². The van der Waals surface area contributed by atoms with Crippen molar-refractivity contribution in [3.63, 3.8) is 0 Å². The number of aryl methyl sites for hydroxylation is 1. The van der Waals surface area contributed by atoms with Crippen LogP contribution < -0.4 is 5.32 Å². The Hall–Kier alpha value is -4.14. The van der Waals surface area contributed by atoms with E-state index in [0.717, 1.165) is 23.0 Å². The van der Waals surface area contributed by atoms with Gasteiger partial charge in [-0.2, -0.15) is 13.2 Å². The zero-order chi connectivity index (χ0) is 24.5. The van der Waals surface area contributed by atoms with Crippen molar-refractivity contribution in [2.45, 2.75) is 13.1 Å². The van der Waals surface area contributed by atoms with Crippen molar-refractivity contribution in [2.24, 2.45) is 7.05 Å². The van der Waals surface area contributed by atoms with Gasteiger partial charge in [0.1, 0.15) is 5.69 Å². The molecule has 0 aliphatic rings. The Bertz CT molecular complexity index is 1380. The summed E-state index contributed by atoms with van der Waals surface area (Å²) in [5, 5.41) is 3.53. The van der Waals surface area contributed by atoms with Crippen LogP contribution in [0.25, 0.3) is 22.2 Å². The number of alkyl halides is 3. The number of anilines is 1. The molecule has 2 aromatic carbocycles. The summed E-state index contributed by atoms with van der Waals surface area (Å²) in [6.45, 7) is 1.99. The number of hydrogen-bond acceptors (Lipinski definition) is 4. The number of ether oxygens (including phenoxy) is 1. The first-order valence-corrected chi connectivity index (χ1v) is 10.4. The molecule has 2 heterocycles. The van der Waals surface area contributed by atoms with Crippen LogP contribution in [0.3, 0.4) is 0 Å². The van der Waals surface area contributed by atoms with Crippen molar-refractivity contribution < 1.29 is 27.5 Å². The highest BCUT2D eigenvalue weighted by atomic mass is 19.4. The predicted molar refractivity (Wildman–Crippen MR) is 122 cm³/mol. The average molecular weight is 467 g/mol. The molecule has 4 rings (SSSR count). The Kier molecular flexibility index (Phi) is 6.10. The van der Waals surface area contributed by atoms with E-state index < -0.39 is 23.6 Å². The highest BCUT2D eigenvalue weighted by molar-refractivity contribution is 6.09. The number of hydrogen-bond donors (Lipinski definition) is 1. The Morgan fingerprint density at radius 1 is 1.06 bits per heavy atom. The summed E-state index contributed by atoms with van der Waals surface area (Å²) in [4.78, 5) is 29.4. The Morgan fingerprint density at radius 2 is 1.79 bits per heavy atom. The van der Waals surface area contributed by atoms with Crippen LogP contribution in [0, 0.1) is 0 Å². The lowest BCUT2D eigenvalue weighted by molar-refractivity contribution is -0.137. The molecule has 174 valence electrons. The number of esters is 1. The first-order valence-electron chi connectivity index (χ1n) is 10.4. The van der Waals surface area contributed by atoms with Gasteiger partial charge in [0.05, 0.1) is 23.4 Å². The number of rotatable bonds is 5. The number of fused-ring (bicyclic) bond motifs is 1. The number of benzene rings is 2. The van der Waals surface area contributed by atoms with Gasteiger partial charge >= 0.3 is 12.1 Å². The molecule has 0 bridgehead atoms. The maximum Gasteiger partial charge on any atom is 0.416 e. The molecule has 0 radical (unpaired) electrons. The van der Waals surface area contributed by atoms with Crippen molar-refractivity contribution in [3.05, 3.63) is 83.7 Å². The van der Waals surface area contributed by atoms with Crippen LogP contribution in [0.5, 0.6) is 0 Å². The molecule has 1 amide bonds. The van der Waals surface area contributed by atoms with Crippen molar-refractivity contribution in [1.82, 2.24) is 9.55 Å². The molecule has 0 saturated carbocycles. The summed E-state index contributed by atoms with van der Waals surface area (Å²) in [6, 6.07) is 14.5. The van der Waals surface area contributed by atoms with Crippen molar-refractivity contribution >= 4 is 28.5 Å². The number of carbonyl (C=O) groups is 2. The smallest absolute Gasteiger partial charge is 0.416 e. The molecule has 0 atom stereocenters. The third kappa shape index (κ3) is 4.50. The highest BCUT2D eigenvalue weighted by Crippen LogP contribution is 2.31. The molecule has 1 N–H and O–H groups in total. The van der Waals surface area contributed by atoms with Gasteiger partial charge in [-0.25, -0.2) is 4.79 Å². The molecule has 0 fully saturated rings. The maximum atomic E-state index is 13.0. The van der Waals surface area contributed by atoms with E-state index in [0.29, 0.717) is 16.9 Å². The number of amides is 1. The van der Waals surface area contributed by atoms with Crippen LogP contribution >= 0.6 is 0 Å². The van der Waals surface area contributed by atoms with Crippen LogP contribution in [0.15, 0.2) is 66.9 Å². The first kappa shape index (κ1) is 23.0. The van der Waals surface area contributed by atoms with E-state index in [1.807, 2.05) is 0 Å². The van der Waals surface area contributed by atoms with Gasteiger partial charge in [-0.3, -0.25) is 9.78 Å². The number of aromatic nitrogens is 2. The zero-order valence-electron chi connectivity index (χ0n) is 18.3. The average Bonchev–Trinajstić information content (AvgIpc) is 3.14. The monoisotopic (exact) mass is 467 g/mol. The molecular formula is C25H20F3N3O3. The second kappa shape index (κ2) is 9.01. The summed E-state index contributed by atoms with van der Waals surface area (Å²) in [5.74, 6) is -0.910. The number of halogens is 3. The minimum absolute atomic E-state index is 0.211. The third-order valence-electron chi connectivity index (χ3n) is 5.32. The fraction of sp³-hybridized carbons (Fsp3) is 0.160. The molecule has 0 unspecified atom stereocenters. The highest BCUT2D eigenvalue weighted by Gasteiger charge is 2.30. The summed E-state index contributed by atoms with van der Waals surface area (Å²) < 4.78 is 45.4. The van der Waals surface area contributed by atoms with E-state index in [1.54, 1.807) is 54.9 Å². The van der Waals surface area contributed by atoms with Crippen LogP contribution in [0.1, 0.15) is 33.3 Å². The van der Waals surface area contributed by atoms with Crippen molar-refractivity contribution in [1.29, 1.82) is 0 Å². The maximum absolute atomic E-state index is 13.0. The molecule has 4 aromatic rings. The normalized spacial score (nSPS) is 11.4. The fourth-order valence-corrected chi connectivity index (χ4v) is 3.66. The topological polar surface area (TPSA) is 73.2 Å². The van der Waals surface area contributed by atoms with Gasteiger partial charge in [0.15, 0.2) is 0 Å². The van der Waals surface area contributed by atoms with Gasteiger partial charge in [0.25, 0.3) is 5.91 Å². The number of nitrogens with zero attached hydrogens (tertiary/aromatic N) is 2. The van der Waals surface area contributed by atoms with Crippen molar-refractivity contribution in [2.75, 3.05) is 11.9 Å². The lowest BCUT2D eigenvalue weighted by atomic mass is 10.0. The molecule has 0 saturated heterocycles. The van der Waals surface area contributed by atoms with Crippen LogP contribution in [-0.4, -0.2) is 28.0 Å². The number of carbonyl (C=O) groups excluding carboxylic acids is 2. The van der Waals surface area contributed by atoms with E-state index in [4.69, 9.17) is 4.74 Å². The first-order chi connectivity index (χ1) is 16.2. The number of pyridine rings is 1. The molecule has 6 nitrogen and oxygen atoms in total. The second-order valence-corrected chi connectivity index (χ2v) is 7.51. The summed E-state index contributed by atoms with van der Waals surface area (Å²) in [7, 11) is 1.75. The largest absolute Gasteiger partial charge is 0.461 e. The lowest BCUT2D eigenvalue weighted by Gasteiger charge is -2.11. The predicted octanol–water partition coefficient (Wildman–Crippen LogP) is 5.69. The van der Waals surface area contributed by atoms with E-state index in [1.165, 1.54) is 18.3 Å². The number of nitrogens with one attached hydrogen (secondary N) is 1. The van der Waals surface area contributed by atoms with Crippen LogP contribution in [0.2, 0.25) is 0 Å². The molecule has 0 aliphatic heterocycles. The molecule has 0 aliphatic carbocycles. The SMILES string of the molecule is CCOC(=O)c1cc2cc(NC(=O)c3cccnc3-c3ccc(C(F)(F)F)cc3)ccc2n1C. The van der Waals surface area contributed by atoms with E-state index in [9.17, 15) is 22.8 Å². The van der Waals surface area contributed by atoms with Crippen LogP contribution in [-0.2, 0) is 18.0 Å². The Labute approximate surface area is 193 Å². The van der Waals surface area contributed by atoms with Gasteiger partial charge in [0, 0.05) is 35.4 Å². The second-order valence-electron chi connectivity index (χ2n) is 7.51. The quantitative estimate of drug-likeness (QED) is 0.383. The third-order valence-corrected chi connectivity index (χ3v) is 5.32. The zero-order valence-corrected chi connectivity index (χ0v) is 18.3. The minimum Gasteiger partial charge on any atom is -0.461 e. The molecule has 2 aromatic heterocycles. The van der Waals surface area contributed by atoms with E-state index >= 15 is 0 Å². The van der Waals surface area contributed by atoms with E-state index in [2.05, 4.69) is 10.3 Å². The summed E-state index contributed by atoms with van der Waals surface area (Å²) >= 11 is 0. The van der Waals surface area contributed by atoms with Crippen molar-refractivity contribution in [3.8, 4) is 11.3 Å². The van der Waals surface area contributed by atoms with Crippen LogP contribution in [0.4, 0.5) is 18.9 Å².